The van der Waals surface area contributed by atoms with Crippen molar-refractivity contribution in [1.29, 1.82) is 0 Å². The number of carbonyl (C=O) groups excluding carboxylic acids is 3. The number of allylic oxidation sites excluding steroid dienone is 8. The maximum atomic E-state index is 12.6. The van der Waals surface area contributed by atoms with E-state index >= 15 is 0 Å². The molecule has 12 nitrogen and oxygen atoms in total. The number of primary amides is 1. The smallest absolute Gasteiger partial charge is 0.405 e. The predicted molar refractivity (Wildman–Crippen MR) is 172 cm³/mol. The normalized spacial score (nSPS) is 23.3. The fourth-order valence-electron chi connectivity index (χ4n) is 4.47. The standard InChI is InChI=1S/C32H45Cl2NO11/c1-4-5-13-25(46-32(35)44)28(34)23(37)17-24(38)30(41)29(40)19(3)21(33)12-8-6-10-18(2)11-7-9-14-27(39)45-26-16-20(31(42)43)15-22(26)36/h5-8,10-13,19-20,22-23,25-26,28-30,36-37,40-41H,4,9,14-17H2,1-3H3,(H2,35,44)(H,42,43)/b8-6+,11-7+,13-5+,18-10+,21-12-/t19-,20+,22+,23-,25-,26-,28+,29-,30-/m1/s1. The number of hydrogen-bond donors (Lipinski definition) is 6. The first-order valence-electron chi connectivity index (χ1n) is 14.9. The van der Waals surface area contributed by atoms with Crippen LogP contribution in [0.1, 0.15) is 59.3 Å². The van der Waals surface area contributed by atoms with Crippen molar-refractivity contribution in [2.24, 2.45) is 17.6 Å². The number of amides is 1. The molecular weight excluding hydrogens is 645 g/mol. The molecule has 1 fully saturated rings. The van der Waals surface area contributed by atoms with E-state index in [4.69, 9.17) is 43.5 Å². The van der Waals surface area contributed by atoms with Gasteiger partial charge in [-0.05, 0) is 38.3 Å². The number of halogens is 2. The highest BCUT2D eigenvalue weighted by molar-refractivity contribution is 6.30. The fraction of sp³-hybridized carbons (Fsp3) is 0.562. The first-order valence-corrected chi connectivity index (χ1v) is 15.7. The number of rotatable bonds is 19. The number of alkyl halides is 1. The number of esters is 1. The van der Waals surface area contributed by atoms with Gasteiger partial charge in [0.2, 0.25) is 0 Å². The summed E-state index contributed by atoms with van der Waals surface area (Å²) in [5, 5.41) is 49.2. The summed E-state index contributed by atoms with van der Waals surface area (Å²) in [6, 6.07) is 0. The van der Waals surface area contributed by atoms with Gasteiger partial charge in [-0.15, -0.1) is 11.6 Å². The van der Waals surface area contributed by atoms with Gasteiger partial charge in [0.25, 0.3) is 0 Å². The van der Waals surface area contributed by atoms with E-state index in [2.05, 4.69) is 0 Å². The number of Topliss-reactive ketones (excluding diaryl/α,β-unsaturated/α-hetero) is 1. The van der Waals surface area contributed by atoms with Crippen molar-refractivity contribution >= 4 is 47.0 Å². The highest BCUT2D eigenvalue weighted by atomic mass is 35.5. The van der Waals surface area contributed by atoms with E-state index in [1.54, 1.807) is 36.5 Å². The van der Waals surface area contributed by atoms with Gasteiger partial charge in [0.05, 0.1) is 24.2 Å². The van der Waals surface area contributed by atoms with Crippen LogP contribution in [-0.4, -0.2) is 91.3 Å². The van der Waals surface area contributed by atoms with Crippen molar-refractivity contribution in [3.63, 3.8) is 0 Å². The third-order valence-electron chi connectivity index (χ3n) is 7.23. The van der Waals surface area contributed by atoms with E-state index in [1.807, 2.05) is 13.8 Å². The molecule has 0 radical (unpaired) electrons. The molecule has 14 heteroatoms. The molecule has 1 aliphatic rings. The van der Waals surface area contributed by atoms with Gasteiger partial charge in [-0.2, -0.15) is 0 Å². The highest BCUT2D eigenvalue weighted by Gasteiger charge is 2.39. The van der Waals surface area contributed by atoms with Gasteiger partial charge >= 0.3 is 18.0 Å². The Hall–Kier alpha value is -3.00. The zero-order valence-corrected chi connectivity index (χ0v) is 27.6. The SMILES string of the molecule is CC/C=C/[C@@H](OC(N)=O)[C@@H](Cl)[C@H](O)CC(=O)[C@@H](O)[C@H](O)[C@H](C)/C(Cl)=C/C=C/C=C(C)/C=C/CCC(=O)O[C@@H]1C[C@@H](C(=O)O)C[C@@H]1O. The number of nitrogens with two attached hydrogens (primary N) is 1. The van der Waals surface area contributed by atoms with E-state index in [1.165, 1.54) is 19.1 Å². The molecule has 0 aromatic heterocycles. The third kappa shape index (κ3) is 14.6. The Morgan fingerprint density at radius 2 is 1.72 bits per heavy atom. The number of carboxylic acids is 1. The average molecular weight is 691 g/mol. The minimum absolute atomic E-state index is 0.0584. The van der Waals surface area contributed by atoms with Crippen LogP contribution in [0.5, 0.6) is 0 Å². The maximum absolute atomic E-state index is 12.6. The highest BCUT2D eigenvalue weighted by Crippen LogP contribution is 2.29. The largest absolute Gasteiger partial charge is 0.481 e. The molecule has 0 aliphatic heterocycles. The molecular formula is C32H45Cl2NO11. The molecule has 9 atom stereocenters. The number of aliphatic hydroxyl groups is 4. The Balaban J connectivity index is 2.58. The lowest BCUT2D eigenvalue weighted by atomic mass is 9.93. The second-order valence-electron chi connectivity index (χ2n) is 11.0. The van der Waals surface area contributed by atoms with Crippen LogP contribution < -0.4 is 5.73 Å². The maximum Gasteiger partial charge on any atom is 0.405 e. The topological polar surface area (TPSA) is 214 Å². The second kappa shape index (κ2) is 21.0. The lowest BCUT2D eigenvalue weighted by molar-refractivity contribution is -0.153. The Bertz CT molecular complexity index is 1180. The van der Waals surface area contributed by atoms with Crippen molar-refractivity contribution in [2.45, 2.75) is 101 Å². The molecule has 1 saturated carbocycles. The van der Waals surface area contributed by atoms with E-state index in [9.17, 15) is 39.6 Å². The van der Waals surface area contributed by atoms with Gasteiger partial charge in [0.1, 0.15) is 23.7 Å². The van der Waals surface area contributed by atoms with Gasteiger partial charge in [0, 0.05) is 30.2 Å². The minimum Gasteiger partial charge on any atom is -0.481 e. The summed E-state index contributed by atoms with van der Waals surface area (Å²) in [7, 11) is 0. The summed E-state index contributed by atoms with van der Waals surface area (Å²) >= 11 is 12.5. The predicted octanol–water partition coefficient (Wildman–Crippen LogP) is 3.43. The van der Waals surface area contributed by atoms with Crippen molar-refractivity contribution in [1.82, 2.24) is 0 Å². The molecule has 1 amide bonds. The summed E-state index contributed by atoms with van der Waals surface area (Å²) < 4.78 is 10.1. The molecule has 0 heterocycles. The molecule has 0 aromatic carbocycles. The van der Waals surface area contributed by atoms with Gasteiger partial charge in [-0.1, -0.05) is 67.5 Å². The Labute approximate surface area is 278 Å². The van der Waals surface area contributed by atoms with Crippen LogP contribution in [-0.2, 0) is 23.9 Å². The Kier molecular flexibility index (Phi) is 18.7. The van der Waals surface area contributed by atoms with Crippen LogP contribution in [0.3, 0.4) is 0 Å². The van der Waals surface area contributed by atoms with Crippen LogP contribution in [0.4, 0.5) is 4.79 Å². The zero-order valence-electron chi connectivity index (χ0n) is 26.1. The van der Waals surface area contributed by atoms with Crippen LogP contribution in [0.15, 0.2) is 59.2 Å². The lowest BCUT2D eigenvalue weighted by Gasteiger charge is -2.26. The van der Waals surface area contributed by atoms with Crippen molar-refractivity contribution in [2.75, 3.05) is 0 Å². The van der Waals surface area contributed by atoms with E-state index in [0.29, 0.717) is 12.8 Å². The number of carboxylic acid groups (broad SMARTS) is 1. The molecule has 0 unspecified atom stereocenters. The molecule has 0 saturated heterocycles. The van der Waals surface area contributed by atoms with Crippen molar-refractivity contribution in [3.8, 4) is 0 Å². The van der Waals surface area contributed by atoms with Crippen LogP contribution in [0.2, 0.25) is 0 Å². The number of aliphatic hydroxyl groups excluding tert-OH is 4. The quantitative estimate of drug-likeness (QED) is 0.0500. The molecule has 258 valence electrons. The van der Waals surface area contributed by atoms with Crippen molar-refractivity contribution in [3.05, 3.63) is 59.2 Å². The number of ether oxygens (including phenoxy) is 2. The van der Waals surface area contributed by atoms with Crippen molar-refractivity contribution < 1.29 is 54.2 Å². The number of hydrogen-bond acceptors (Lipinski definition) is 10. The summed E-state index contributed by atoms with van der Waals surface area (Å²) in [5.74, 6) is -4.01. The molecule has 0 bridgehead atoms. The summed E-state index contributed by atoms with van der Waals surface area (Å²) in [6.07, 6.45) is 4.65. The molecule has 1 rings (SSSR count). The summed E-state index contributed by atoms with van der Waals surface area (Å²) in [5.41, 5.74) is 5.88. The molecule has 0 aromatic rings. The zero-order chi connectivity index (χ0) is 35.0. The fourth-order valence-corrected chi connectivity index (χ4v) is 4.89. The van der Waals surface area contributed by atoms with Gasteiger partial charge in [-0.3, -0.25) is 14.4 Å². The van der Waals surface area contributed by atoms with Crippen LogP contribution in [0.25, 0.3) is 0 Å². The minimum atomic E-state index is -1.88. The van der Waals surface area contributed by atoms with Gasteiger partial charge in [-0.25, -0.2) is 4.79 Å². The van der Waals surface area contributed by atoms with E-state index < -0.39 is 84.1 Å². The van der Waals surface area contributed by atoms with E-state index in [0.717, 1.165) is 5.57 Å². The van der Waals surface area contributed by atoms with E-state index in [-0.39, 0.29) is 24.3 Å². The van der Waals surface area contributed by atoms with Crippen LogP contribution in [0, 0.1) is 11.8 Å². The monoisotopic (exact) mass is 689 g/mol. The number of carbonyl (C=O) groups is 4. The first-order chi connectivity index (χ1) is 21.6. The van der Waals surface area contributed by atoms with Crippen LogP contribution >= 0.6 is 23.2 Å². The molecule has 7 N–H and O–H groups in total. The average Bonchev–Trinajstić information content (AvgIpc) is 3.37. The molecule has 1 aliphatic carbocycles. The number of ketones is 1. The Morgan fingerprint density at radius 1 is 1.07 bits per heavy atom. The molecule has 46 heavy (non-hydrogen) atoms. The van der Waals surface area contributed by atoms with Gasteiger partial charge < -0.3 is 40.7 Å². The van der Waals surface area contributed by atoms with Gasteiger partial charge in [0.15, 0.2) is 5.78 Å². The third-order valence-corrected chi connectivity index (χ3v) is 8.24. The first kappa shape index (κ1) is 41.0. The molecule has 0 spiro atoms. The Morgan fingerprint density at radius 3 is 2.30 bits per heavy atom. The summed E-state index contributed by atoms with van der Waals surface area (Å²) in [4.78, 5) is 46.8. The lowest BCUT2D eigenvalue weighted by Crippen LogP contribution is -2.43. The second-order valence-corrected chi connectivity index (χ2v) is 12.0. The summed E-state index contributed by atoms with van der Waals surface area (Å²) in [6.45, 7) is 5.15. The number of aliphatic carboxylic acids is 1.